The minimum Gasteiger partial charge on any atom is -0.493 e. The second kappa shape index (κ2) is 10.3. The van der Waals surface area contributed by atoms with Crippen molar-refractivity contribution in [2.45, 2.75) is 6.61 Å². The normalized spacial score (nSPS) is 14.6. The topological polar surface area (TPSA) is 128 Å². The number of benzene rings is 3. The summed E-state index contributed by atoms with van der Waals surface area (Å²) in [5.41, 5.74) is 0.908. The molecule has 1 aliphatic rings. The Balaban J connectivity index is 1.58. The van der Waals surface area contributed by atoms with Crippen LogP contribution in [0.1, 0.15) is 11.1 Å². The van der Waals surface area contributed by atoms with Gasteiger partial charge >= 0.3 is 6.03 Å². The molecule has 4 rings (SSSR count). The van der Waals surface area contributed by atoms with Crippen LogP contribution in [-0.2, 0) is 16.2 Å². The van der Waals surface area contributed by atoms with Gasteiger partial charge in [0.2, 0.25) is 0 Å². The van der Waals surface area contributed by atoms with Gasteiger partial charge in [-0.15, -0.1) is 0 Å². The van der Waals surface area contributed by atoms with Crippen molar-refractivity contribution in [1.29, 1.82) is 0 Å². The van der Waals surface area contributed by atoms with Gasteiger partial charge in [0.05, 0.1) is 17.7 Å². The lowest BCUT2D eigenvalue weighted by molar-refractivity contribution is -0.384. The van der Waals surface area contributed by atoms with Crippen LogP contribution in [0.5, 0.6) is 11.5 Å². The molecule has 0 atom stereocenters. The number of carbonyl (C=O) groups excluding carboxylic acids is 3. The number of imide groups is 2. The first-order valence-corrected chi connectivity index (χ1v) is 10.9. The van der Waals surface area contributed by atoms with E-state index >= 15 is 0 Å². The van der Waals surface area contributed by atoms with Gasteiger partial charge in [-0.25, -0.2) is 9.69 Å². The summed E-state index contributed by atoms with van der Waals surface area (Å²) < 4.78 is 11.2. The molecule has 0 bridgehead atoms. The first-order valence-electron chi connectivity index (χ1n) is 10.5. The fraction of sp³-hybridized carbons (Fsp3) is 0.0800. The van der Waals surface area contributed by atoms with Crippen LogP contribution in [-0.4, -0.2) is 29.9 Å². The molecule has 1 heterocycles. The van der Waals surface area contributed by atoms with Gasteiger partial charge in [0.25, 0.3) is 17.5 Å². The Morgan fingerprint density at radius 1 is 1.00 bits per heavy atom. The van der Waals surface area contributed by atoms with Crippen LogP contribution in [0, 0.1) is 10.1 Å². The summed E-state index contributed by atoms with van der Waals surface area (Å²) in [6.45, 7) is 0.265. The van der Waals surface area contributed by atoms with E-state index < -0.39 is 22.8 Å². The fourth-order valence-electron chi connectivity index (χ4n) is 3.42. The maximum atomic E-state index is 13.1. The van der Waals surface area contributed by atoms with Crippen molar-refractivity contribution < 1.29 is 28.8 Å². The molecule has 3 aromatic carbocycles. The summed E-state index contributed by atoms with van der Waals surface area (Å²) >= 11 is 5.90. The molecule has 0 aromatic heterocycles. The lowest BCUT2D eigenvalue weighted by atomic mass is 10.1. The SMILES string of the molecule is COc1cc(/C=C2\C(=O)NC(=O)N(c3ccc([N+](=O)[O-])cc3)C2=O)ccc1OCc1ccc(Cl)cc1. The quantitative estimate of drug-likeness (QED) is 0.216. The third-order valence-corrected chi connectivity index (χ3v) is 5.48. The number of carbonyl (C=O) groups is 3. The van der Waals surface area contributed by atoms with Gasteiger partial charge in [0.1, 0.15) is 12.2 Å². The van der Waals surface area contributed by atoms with Gasteiger partial charge in [-0.2, -0.15) is 0 Å². The van der Waals surface area contributed by atoms with Gasteiger partial charge in [0.15, 0.2) is 11.5 Å². The molecule has 0 unspecified atom stereocenters. The third kappa shape index (κ3) is 5.18. The highest BCUT2D eigenvalue weighted by molar-refractivity contribution is 6.39. The zero-order valence-electron chi connectivity index (χ0n) is 18.8. The number of hydrogen-bond acceptors (Lipinski definition) is 7. The van der Waals surface area contributed by atoms with E-state index in [0.29, 0.717) is 22.1 Å². The lowest BCUT2D eigenvalue weighted by Crippen LogP contribution is -2.54. The summed E-state index contributed by atoms with van der Waals surface area (Å²) in [7, 11) is 1.45. The molecule has 36 heavy (non-hydrogen) atoms. The molecule has 11 heteroatoms. The maximum Gasteiger partial charge on any atom is 0.335 e. The van der Waals surface area contributed by atoms with Crippen molar-refractivity contribution in [1.82, 2.24) is 5.32 Å². The summed E-state index contributed by atoms with van der Waals surface area (Å²) in [4.78, 5) is 48.9. The second-order valence-electron chi connectivity index (χ2n) is 7.56. The highest BCUT2D eigenvalue weighted by Gasteiger charge is 2.37. The average molecular weight is 508 g/mol. The van der Waals surface area contributed by atoms with Crippen molar-refractivity contribution in [3.8, 4) is 11.5 Å². The van der Waals surface area contributed by atoms with Crippen molar-refractivity contribution in [3.63, 3.8) is 0 Å². The number of nitro benzene ring substituents is 1. The van der Waals surface area contributed by atoms with Gasteiger partial charge in [-0.05, 0) is 53.6 Å². The van der Waals surface area contributed by atoms with E-state index in [9.17, 15) is 24.5 Å². The molecule has 0 spiro atoms. The Labute approximate surface area is 209 Å². The minimum atomic E-state index is -0.959. The Morgan fingerprint density at radius 2 is 1.69 bits per heavy atom. The number of rotatable bonds is 7. The Hall–Kier alpha value is -4.70. The highest BCUT2D eigenvalue weighted by Crippen LogP contribution is 2.31. The van der Waals surface area contributed by atoms with E-state index in [0.717, 1.165) is 22.6 Å². The monoisotopic (exact) mass is 507 g/mol. The summed E-state index contributed by atoms with van der Waals surface area (Å²) in [6, 6.07) is 15.9. The Kier molecular flexibility index (Phi) is 6.98. The van der Waals surface area contributed by atoms with Crippen LogP contribution in [0.3, 0.4) is 0 Å². The molecule has 1 saturated heterocycles. The molecule has 1 N–H and O–H groups in total. The van der Waals surface area contributed by atoms with Gasteiger partial charge in [0, 0.05) is 17.2 Å². The highest BCUT2D eigenvalue weighted by atomic mass is 35.5. The molecule has 0 aliphatic carbocycles. The molecule has 10 nitrogen and oxygen atoms in total. The number of anilines is 1. The zero-order chi connectivity index (χ0) is 25.8. The molecule has 0 saturated carbocycles. The molecule has 1 fully saturated rings. The number of nitrogens with one attached hydrogen (secondary N) is 1. The number of ether oxygens (including phenoxy) is 2. The number of hydrogen-bond donors (Lipinski definition) is 1. The third-order valence-electron chi connectivity index (χ3n) is 5.23. The number of non-ortho nitro benzene ring substituents is 1. The van der Waals surface area contributed by atoms with Crippen LogP contribution >= 0.6 is 11.6 Å². The molecule has 182 valence electrons. The number of amides is 4. The zero-order valence-corrected chi connectivity index (χ0v) is 19.5. The molecule has 1 aliphatic heterocycles. The molecule has 0 radical (unpaired) electrons. The van der Waals surface area contributed by atoms with E-state index in [1.54, 1.807) is 30.3 Å². The summed E-state index contributed by atoms with van der Waals surface area (Å²) in [6.07, 6.45) is 1.31. The standard InChI is InChI=1S/C25H18ClN3O7/c1-35-22-13-16(4-11-21(22)36-14-15-2-5-17(26)6-3-15)12-20-23(30)27-25(32)28(24(20)31)18-7-9-19(10-8-18)29(33)34/h2-13H,14H2,1H3,(H,27,30,32)/b20-12+. The Morgan fingerprint density at radius 3 is 2.33 bits per heavy atom. The number of nitrogens with zero attached hydrogens (tertiary/aromatic N) is 2. The lowest BCUT2D eigenvalue weighted by Gasteiger charge is -2.26. The molecular formula is C25H18ClN3O7. The van der Waals surface area contributed by atoms with Crippen LogP contribution < -0.4 is 19.7 Å². The summed E-state index contributed by atoms with van der Waals surface area (Å²) in [5, 5.41) is 13.6. The molecule has 4 amide bonds. The van der Waals surface area contributed by atoms with Crippen LogP contribution in [0.4, 0.5) is 16.2 Å². The van der Waals surface area contributed by atoms with Gasteiger partial charge < -0.3 is 9.47 Å². The van der Waals surface area contributed by atoms with Crippen molar-refractivity contribution in [3.05, 3.63) is 98.6 Å². The minimum absolute atomic E-state index is 0.0741. The van der Waals surface area contributed by atoms with Gasteiger partial charge in [-0.1, -0.05) is 29.8 Å². The average Bonchev–Trinajstić information content (AvgIpc) is 2.86. The second-order valence-corrected chi connectivity index (χ2v) is 7.99. The predicted molar refractivity (Wildman–Crippen MR) is 131 cm³/mol. The first kappa shape index (κ1) is 24.4. The Bertz CT molecular complexity index is 1390. The number of nitro groups is 1. The number of barbiturate groups is 1. The van der Waals surface area contributed by atoms with E-state index in [-0.39, 0.29) is 23.6 Å². The predicted octanol–water partition coefficient (Wildman–Crippen LogP) is 4.50. The van der Waals surface area contributed by atoms with E-state index in [2.05, 4.69) is 5.32 Å². The van der Waals surface area contributed by atoms with Crippen molar-refractivity contribution >= 4 is 46.9 Å². The molecule has 3 aromatic rings. The summed E-state index contributed by atoms with van der Waals surface area (Å²) in [5.74, 6) is -0.938. The smallest absolute Gasteiger partial charge is 0.335 e. The van der Waals surface area contributed by atoms with Crippen molar-refractivity contribution in [2.75, 3.05) is 12.0 Å². The first-order chi connectivity index (χ1) is 17.3. The van der Waals surface area contributed by atoms with Crippen LogP contribution in [0.15, 0.2) is 72.3 Å². The van der Waals surface area contributed by atoms with Gasteiger partial charge in [-0.3, -0.25) is 25.0 Å². The molecular weight excluding hydrogens is 490 g/mol. The fourth-order valence-corrected chi connectivity index (χ4v) is 3.54. The van der Waals surface area contributed by atoms with E-state index in [1.807, 2.05) is 12.1 Å². The maximum absolute atomic E-state index is 13.1. The van der Waals surface area contributed by atoms with Crippen LogP contribution in [0.25, 0.3) is 6.08 Å². The van der Waals surface area contributed by atoms with Crippen LogP contribution in [0.2, 0.25) is 5.02 Å². The largest absolute Gasteiger partial charge is 0.493 e. The van der Waals surface area contributed by atoms with Crippen molar-refractivity contribution in [2.24, 2.45) is 0 Å². The number of methoxy groups -OCH3 is 1. The van der Waals surface area contributed by atoms with E-state index in [4.69, 9.17) is 21.1 Å². The number of urea groups is 1. The number of halogens is 1. The van der Waals surface area contributed by atoms with E-state index in [1.165, 1.54) is 25.3 Å².